The van der Waals surface area contributed by atoms with Crippen LogP contribution in [0.4, 0.5) is 4.79 Å². The summed E-state index contributed by atoms with van der Waals surface area (Å²) < 4.78 is 0. The first-order chi connectivity index (χ1) is 8.93. The van der Waals surface area contributed by atoms with Gasteiger partial charge in [0.1, 0.15) is 10.5 Å². The number of rotatable bonds is 6. The summed E-state index contributed by atoms with van der Waals surface area (Å²) >= 11 is 1.46. The van der Waals surface area contributed by atoms with Gasteiger partial charge in [-0.05, 0) is 19.8 Å². The van der Waals surface area contributed by atoms with E-state index in [0.29, 0.717) is 19.4 Å². The van der Waals surface area contributed by atoms with E-state index in [9.17, 15) is 14.7 Å². The van der Waals surface area contributed by atoms with Gasteiger partial charge in [0.05, 0.1) is 6.54 Å². The molecule has 0 aliphatic rings. The molecule has 2 amide bonds. The maximum Gasteiger partial charge on any atom is 0.329 e. The average Bonchev–Trinajstić information content (AvgIpc) is 2.79. The van der Waals surface area contributed by atoms with Crippen molar-refractivity contribution < 1.29 is 14.7 Å². The molecule has 0 saturated heterocycles. The molecule has 0 atom stereocenters. The predicted molar refractivity (Wildman–Crippen MR) is 73.2 cm³/mol. The van der Waals surface area contributed by atoms with Crippen LogP contribution in [0.25, 0.3) is 0 Å². The van der Waals surface area contributed by atoms with E-state index in [0.717, 1.165) is 10.7 Å². The number of nitrogens with zero attached hydrogens (tertiary/aromatic N) is 1. The summed E-state index contributed by atoms with van der Waals surface area (Å²) in [6, 6.07) is -0.487. The molecule has 0 bridgehead atoms. The van der Waals surface area contributed by atoms with Gasteiger partial charge in [-0.1, -0.05) is 13.8 Å². The Morgan fingerprint density at radius 3 is 2.47 bits per heavy atom. The van der Waals surface area contributed by atoms with E-state index < -0.39 is 17.5 Å². The van der Waals surface area contributed by atoms with Crippen LogP contribution in [0.3, 0.4) is 0 Å². The lowest BCUT2D eigenvalue weighted by Gasteiger charge is -2.27. The van der Waals surface area contributed by atoms with Gasteiger partial charge >= 0.3 is 12.0 Å². The first-order valence-corrected chi connectivity index (χ1v) is 7.02. The largest absolute Gasteiger partial charge is 0.480 e. The van der Waals surface area contributed by atoms with Gasteiger partial charge in [0.2, 0.25) is 0 Å². The number of aryl methyl sites for hydroxylation is 1. The summed E-state index contributed by atoms with van der Waals surface area (Å²) in [5.41, 5.74) is -0.299. The summed E-state index contributed by atoms with van der Waals surface area (Å²) in [5, 5.41) is 17.1. The lowest BCUT2D eigenvalue weighted by molar-refractivity contribution is -0.144. The fourth-order valence-electron chi connectivity index (χ4n) is 1.68. The van der Waals surface area contributed by atoms with Crippen LogP contribution in [0, 0.1) is 6.92 Å². The third-order valence-electron chi connectivity index (χ3n) is 3.04. The number of hydrogen-bond donors (Lipinski definition) is 3. The summed E-state index contributed by atoms with van der Waals surface area (Å²) in [5.74, 6) is -1.02. The Morgan fingerprint density at radius 1 is 1.42 bits per heavy atom. The first-order valence-electron chi connectivity index (χ1n) is 6.14. The molecular weight excluding hydrogens is 266 g/mol. The van der Waals surface area contributed by atoms with E-state index in [4.69, 9.17) is 0 Å². The molecule has 1 aromatic rings. The summed E-state index contributed by atoms with van der Waals surface area (Å²) in [4.78, 5) is 27.2. The van der Waals surface area contributed by atoms with Crippen LogP contribution in [0.15, 0.2) is 5.38 Å². The number of carbonyl (C=O) groups excluding carboxylic acids is 1. The molecule has 106 valence electrons. The number of carboxylic acid groups (broad SMARTS) is 1. The van der Waals surface area contributed by atoms with Crippen LogP contribution in [-0.2, 0) is 11.3 Å². The highest BCUT2D eigenvalue weighted by atomic mass is 32.1. The van der Waals surface area contributed by atoms with Gasteiger partial charge in [-0.3, -0.25) is 0 Å². The van der Waals surface area contributed by atoms with Gasteiger partial charge in [0.25, 0.3) is 0 Å². The lowest BCUT2D eigenvalue weighted by Crippen LogP contribution is -2.56. The standard InChI is InChI=1S/C12H19N3O3S/c1-4-12(5-2,10(16)17)15-11(18)13-6-9-14-8(3)7-19-9/h7H,4-6H2,1-3H3,(H,16,17)(H2,13,15,18). The molecule has 7 heteroatoms. The van der Waals surface area contributed by atoms with E-state index in [1.807, 2.05) is 12.3 Å². The van der Waals surface area contributed by atoms with Crippen molar-refractivity contribution >= 4 is 23.3 Å². The molecular formula is C12H19N3O3S. The van der Waals surface area contributed by atoms with Crippen molar-refractivity contribution in [3.8, 4) is 0 Å². The fraction of sp³-hybridized carbons (Fsp3) is 0.583. The molecule has 19 heavy (non-hydrogen) atoms. The predicted octanol–water partition coefficient (Wildman–Crippen LogP) is 1.89. The molecule has 3 N–H and O–H groups in total. The number of nitrogens with one attached hydrogen (secondary N) is 2. The van der Waals surface area contributed by atoms with Crippen molar-refractivity contribution in [2.45, 2.75) is 45.7 Å². The van der Waals surface area contributed by atoms with Gasteiger partial charge in [-0.2, -0.15) is 0 Å². The number of carbonyl (C=O) groups is 2. The molecule has 0 unspecified atom stereocenters. The average molecular weight is 285 g/mol. The van der Waals surface area contributed by atoms with Gasteiger partial charge in [0, 0.05) is 11.1 Å². The maximum absolute atomic E-state index is 11.8. The molecule has 1 heterocycles. The molecule has 1 aromatic heterocycles. The van der Waals surface area contributed by atoms with Crippen LogP contribution >= 0.6 is 11.3 Å². The minimum absolute atomic E-state index is 0.299. The number of urea groups is 1. The number of thiazole rings is 1. The molecule has 0 radical (unpaired) electrons. The Labute approximate surface area is 116 Å². The topological polar surface area (TPSA) is 91.3 Å². The van der Waals surface area contributed by atoms with E-state index in [1.165, 1.54) is 11.3 Å². The lowest BCUT2D eigenvalue weighted by atomic mass is 9.93. The minimum Gasteiger partial charge on any atom is -0.480 e. The fourth-order valence-corrected chi connectivity index (χ4v) is 2.40. The zero-order chi connectivity index (χ0) is 14.5. The van der Waals surface area contributed by atoms with Crippen LogP contribution in [0.5, 0.6) is 0 Å². The van der Waals surface area contributed by atoms with E-state index in [-0.39, 0.29) is 0 Å². The minimum atomic E-state index is -1.21. The molecule has 0 fully saturated rings. The Bertz CT molecular complexity index is 455. The SMILES string of the molecule is CCC(CC)(NC(=O)NCc1nc(C)cs1)C(=O)O. The Balaban J connectivity index is 2.56. The second-order valence-electron chi connectivity index (χ2n) is 4.28. The van der Waals surface area contributed by atoms with Crippen LogP contribution in [0.2, 0.25) is 0 Å². The van der Waals surface area contributed by atoms with E-state index in [2.05, 4.69) is 15.6 Å². The second kappa shape index (κ2) is 6.51. The van der Waals surface area contributed by atoms with Crippen molar-refractivity contribution in [2.75, 3.05) is 0 Å². The van der Waals surface area contributed by atoms with Gasteiger partial charge < -0.3 is 15.7 Å². The zero-order valence-electron chi connectivity index (χ0n) is 11.3. The molecule has 0 aliphatic carbocycles. The molecule has 0 aliphatic heterocycles. The number of aromatic nitrogens is 1. The first kappa shape index (κ1) is 15.4. The maximum atomic E-state index is 11.8. The van der Waals surface area contributed by atoms with Gasteiger partial charge in [0.15, 0.2) is 0 Å². The Hall–Kier alpha value is -1.63. The number of hydrogen-bond acceptors (Lipinski definition) is 4. The normalized spacial score (nSPS) is 11.1. The third kappa shape index (κ3) is 3.92. The van der Waals surface area contributed by atoms with Crippen LogP contribution in [-0.4, -0.2) is 27.6 Å². The number of carboxylic acids is 1. The monoisotopic (exact) mass is 285 g/mol. The zero-order valence-corrected chi connectivity index (χ0v) is 12.1. The summed E-state index contributed by atoms with van der Waals surface area (Å²) in [7, 11) is 0. The van der Waals surface area contributed by atoms with E-state index in [1.54, 1.807) is 13.8 Å². The Morgan fingerprint density at radius 2 is 2.05 bits per heavy atom. The number of aliphatic carboxylic acids is 1. The van der Waals surface area contributed by atoms with Crippen molar-refractivity contribution in [1.29, 1.82) is 0 Å². The molecule has 6 nitrogen and oxygen atoms in total. The van der Waals surface area contributed by atoms with Gasteiger partial charge in [-0.25, -0.2) is 14.6 Å². The number of amides is 2. The summed E-state index contributed by atoms with van der Waals surface area (Å²) in [6.45, 7) is 5.65. The molecule has 0 saturated carbocycles. The third-order valence-corrected chi connectivity index (χ3v) is 4.00. The highest BCUT2D eigenvalue weighted by Crippen LogP contribution is 2.15. The smallest absolute Gasteiger partial charge is 0.329 e. The molecule has 0 spiro atoms. The van der Waals surface area contributed by atoms with Crippen molar-refractivity contribution in [1.82, 2.24) is 15.6 Å². The van der Waals surface area contributed by atoms with Crippen LogP contribution < -0.4 is 10.6 Å². The highest BCUT2D eigenvalue weighted by molar-refractivity contribution is 7.09. The van der Waals surface area contributed by atoms with Crippen molar-refractivity contribution in [3.05, 3.63) is 16.1 Å². The quantitative estimate of drug-likeness (QED) is 0.744. The van der Waals surface area contributed by atoms with Gasteiger partial charge in [-0.15, -0.1) is 11.3 Å². The molecule has 0 aromatic carbocycles. The van der Waals surface area contributed by atoms with Crippen molar-refractivity contribution in [2.24, 2.45) is 0 Å². The van der Waals surface area contributed by atoms with E-state index >= 15 is 0 Å². The Kier molecular flexibility index (Phi) is 5.29. The summed E-state index contributed by atoms with van der Waals surface area (Å²) in [6.07, 6.45) is 0.672. The van der Waals surface area contributed by atoms with Crippen LogP contribution in [0.1, 0.15) is 37.4 Å². The second-order valence-corrected chi connectivity index (χ2v) is 5.23. The highest BCUT2D eigenvalue weighted by Gasteiger charge is 2.36. The van der Waals surface area contributed by atoms with Crippen molar-refractivity contribution in [3.63, 3.8) is 0 Å². The molecule has 1 rings (SSSR count).